The fraction of sp³-hybridized carbons (Fsp3) is 0.647. The first-order valence-corrected chi connectivity index (χ1v) is 7.74. The molecule has 0 aliphatic carbocycles. The van der Waals surface area contributed by atoms with Crippen molar-refractivity contribution in [1.82, 2.24) is 10.2 Å². The fourth-order valence-electron chi connectivity index (χ4n) is 2.97. The Bertz CT molecular complexity index is 445. The average molecular weight is 276 g/mol. The molecule has 0 saturated carbocycles. The number of likely N-dealkylation sites (tertiary alicyclic amines) is 1. The number of aryl methyl sites for hydroxylation is 1. The van der Waals surface area contributed by atoms with Gasteiger partial charge in [-0.3, -0.25) is 0 Å². The molecule has 2 rings (SSSR count). The first kappa shape index (κ1) is 15.3. The second-order valence-electron chi connectivity index (χ2n) is 6.44. The quantitative estimate of drug-likeness (QED) is 0.867. The number of nitrogens with one attached hydrogen (secondary N) is 1. The van der Waals surface area contributed by atoms with Gasteiger partial charge in [0.05, 0.1) is 0 Å². The Hall–Kier alpha value is -1.06. The third-order valence-electron chi connectivity index (χ3n) is 4.41. The van der Waals surface area contributed by atoms with Crippen molar-refractivity contribution < 1.29 is 5.11 Å². The van der Waals surface area contributed by atoms with Gasteiger partial charge in [-0.25, -0.2) is 0 Å². The molecular weight excluding hydrogens is 248 g/mol. The zero-order valence-corrected chi connectivity index (χ0v) is 13.2. The smallest absolute Gasteiger partial charge is 0.120 e. The summed E-state index contributed by atoms with van der Waals surface area (Å²) in [5.41, 5.74) is 2.20. The van der Waals surface area contributed by atoms with E-state index in [2.05, 4.69) is 44.0 Å². The van der Waals surface area contributed by atoms with Crippen LogP contribution in [0.25, 0.3) is 0 Å². The van der Waals surface area contributed by atoms with E-state index >= 15 is 0 Å². The first-order valence-electron chi connectivity index (χ1n) is 7.74. The lowest BCUT2D eigenvalue weighted by Crippen LogP contribution is -2.31. The fourth-order valence-corrected chi connectivity index (χ4v) is 2.97. The van der Waals surface area contributed by atoms with Gasteiger partial charge in [0.15, 0.2) is 0 Å². The van der Waals surface area contributed by atoms with Gasteiger partial charge >= 0.3 is 0 Å². The minimum absolute atomic E-state index is 0.197. The highest BCUT2D eigenvalue weighted by atomic mass is 16.3. The molecule has 0 amide bonds. The van der Waals surface area contributed by atoms with Crippen molar-refractivity contribution in [3.63, 3.8) is 0 Å². The van der Waals surface area contributed by atoms with Crippen molar-refractivity contribution in [3.05, 3.63) is 29.3 Å². The second-order valence-corrected chi connectivity index (χ2v) is 6.44. The highest BCUT2D eigenvalue weighted by molar-refractivity contribution is 5.37. The first-order chi connectivity index (χ1) is 9.47. The number of phenolic OH excluding ortho intramolecular Hbond substituents is 1. The lowest BCUT2D eigenvalue weighted by molar-refractivity contribution is 0.263. The summed E-state index contributed by atoms with van der Waals surface area (Å²) in [6.45, 7) is 12.2. The summed E-state index contributed by atoms with van der Waals surface area (Å²) in [7, 11) is 0. The highest BCUT2D eigenvalue weighted by Crippen LogP contribution is 2.26. The van der Waals surface area contributed by atoms with Crippen LogP contribution in [-0.4, -0.2) is 35.7 Å². The van der Waals surface area contributed by atoms with E-state index in [1.807, 2.05) is 6.07 Å². The second kappa shape index (κ2) is 6.59. The highest BCUT2D eigenvalue weighted by Gasteiger charge is 2.24. The number of hydrogen-bond acceptors (Lipinski definition) is 3. The number of aromatic hydroxyl groups is 1. The van der Waals surface area contributed by atoms with E-state index in [0.29, 0.717) is 11.8 Å². The van der Waals surface area contributed by atoms with Crippen LogP contribution in [0.15, 0.2) is 18.2 Å². The van der Waals surface area contributed by atoms with Gasteiger partial charge in [-0.05, 0) is 59.2 Å². The molecule has 2 atom stereocenters. The lowest BCUT2D eigenvalue weighted by Gasteiger charge is -2.21. The topological polar surface area (TPSA) is 35.5 Å². The average Bonchev–Trinajstić information content (AvgIpc) is 2.88. The van der Waals surface area contributed by atoms with Crippen LogP contribution in [0.5, 0.6) is 5.75 Å². The van der Waals surface area contributed by atoms with Crippen LogP contribution >= 0.6 is 0 Å². The molecular formula is C17H28N2O. The summed E-state index contributed by atoms with van der Waals surface area (Å²) in [6, 6.07) is 6.66. The number of rotatable bonds is 5. The van der Waals surface area contributed by atoms with Crippen molar-refractivity contribution in [3.8, 4) is 5.75 Å². The van der Waals surface area contributed by atoms with Gasteiger partial charge < -0.3 is 15.3 Å². The maximum absolute atomic E-state index is 9.96. The van der Waals surface area contributed by atoms with Gasteiger partial charge in [0, 0.05) is 24.2 Å². The van der Waals surface area contributed by atoms with E-state index in [0.717, 1.165) is 18.0 Å². The van der Waals surface area contributed by atoms with Crippen LogP contribution in [0.2, 0.25) is 0 Å². The molecule has 20 heavy (non-hydrogen) atoms. The monoisotopic (exact) mass is 276 g/mol. The number of hydrogen-bond donors (Lipinski definition) is 2. The summed E-state index contributed by atoms with van der Waals surface area (Å²) in [5, 5.41) is 13.5. The van der Waals surface area contributed by atoms with Gasteiger partial charge in [0.25, 0.3) is 0 Å². The summed E-state index contributed by atoms with van der Waals surface area (Å²) >= 11 is 0. The third kappa shape index (κ3) is 3.74. The molecule has 0 aromatic heterocycles. The SMILES string of the molecule is Cc1ccc(O)c(C(C)NCC2CCN(C(C)C)C2)c1. The molecule has 1 fully saturated rings. The summed E-state index contributed by atoms with van der Waals surface area (Å²) in [4.78, 5) is 2.54. The van der Waals surface area contributed by atoms with E-state index in [1.165, 1.54) is 25.1 Å². The summed E-state index contributed by atoms with van der Waals surface area (Å²) in [5.74, 6) is 1.12. The molecule has 2 unspecified atom stereocenters. The van der Waals surface area contributed by atoms with Crippen LogP contribution in [-0.2, 0) is 0 Å². The standard InChI is InChI=1S/C17H28N2O/c1-12(2)19-8-7-15(11-19)10-18-14(4)16-9-13(3)5-6-17(16)20/h5-6,9,12,14-15,18,20H,7-8,10-11H2,1-4H3. The Morgan fingerprint density at radius 2 is 2.10 bits per heavy atom. The van der Waals surface area contributed by atoms with E-state index in [1.54, 1.807) is 6.07 Å². The summed E-state index contributed by atoms with van der Waals surface area (Å²) < 4.78 is 0. The van der Waals surface area contributed by atoms with Crippen molar-refractivity contribution in [2.24, 2.45) is 5.92 Å². The van der Waals surface area contributed by atoms with E-state index in [4.69, 9.17) is 0 Å². The number of nitrogens with zero attached hydrogens (tertiary/aromatic N) is 1. The maximum atomic E-state index is 9.96. The molecule has 0 spiro atoms. The van der Waals surface area contributed by atoms with Crippen LogP contribution in [0.3, 0.4) is 0 Å². The molecule has 1 aliphatic rings. The summed E-state index contributed by atoms with van der Waals surface area (Å²) in [6.07, 6.45) is 1.28. The molecule has 3 nitrogen and oxygen atoms in total. The van der Waals surface area contributed by atoms with Crippen molar-refractivity contribution >= 4 is 0 Å². The zero-order chi connectivity index (χ0) is 14.7. The predicted molar refractivity (Wildman–Crippen MR) is 84.1 cm³/mol. The molecule has 2 N–H and O–H groups in total. The number of phenols is 1. The molecule has 1 aromatic carbocycles. The Morgan fingerprint density at radius 3 is 2.75 bits per heavy atom. The molecule has 1 aromatic rings. The Labute approximate surface area is 123 Å². The minimum Gasteiger partial charge on any atom is -0.508 e. The minimum atomic E-state index is 0.197. The van der Waals surface area contributed by atoms with Crippen LogP contribution < -0.4 is 5.32 Å². The van der Waals surface area contributed by atoms with Gasteiger partial charge in [-0.1, -0.05) is 17.7 Å². The zero-order valence-electron chi connectivity index (χ0n) is 13.2. The molecule has 0 bridgehead atoms. The molecule has 112 valence electrons. The van der Waals surface area contributed by atoms with Crippen molar-refractivity contribution in [1.29, 1.82) is 0 Å². The Morgan fingerprint density at radius 1 is 1.35 bits per heavy atom. The third-order valence-corrected chi connectivity index (χ3v) is 4.41. The molecule has 1 heterocycles. The van der Waals surface area contributed by atoms with E-state index < -0.39 is 0 Å². The van der Waals surface area contributed by atoms with Gasteiger partial charge in [0.2, 0.25) is 0 Å². The largest absolute Gasteiger partial charge is 0.508 e. The van der Waals surface area contributed by atoms with Crippen LogP contribution in [0, 0.1) is 12.8 Å². The van der Waals surface area contributed by atoms with Crippen molar-refractivity contribution in [2.45, 2.75) is 46.2 Å². The normalized spacial score (nSPS) is 21.6. The van der Waals surface area contributed by atoms with Gasteiger partial charge in [-0.2, -0.15) is 0 Å². The van der Waals surface area contributed by atoms with Gasteiger partial charge in [-0.15, -0.1) is 0 Å². The van der Waals surface area contributed by atoms with Gasteiger partial charge in [0.1, 0.15) is 5.75 Å². The Balaban J connectivity index is 1.86. The molecule has 3 heteroatoms. The van der Waals surface area contributed by atoms with E-state index in [9.17, 15) is 5.11 Å². The lowest BCUT2D eigenvalue weighted by atomic mass is 10.0. The van der Waals surface area contributed by atoms with Crippen molar-refractivity contribution in [2.75, 3.05) is 19.6 Å². The van der Waals surface area contributed by atoms with E-state index in [-0.39, 0.29) is 6.04 Å². The predicted octanol–water partition coefficient (Wildman–Crippen LogP) is 3.08. The Kier molecular flexibility index (Phi) is 5.06. The maximum Gasteiger partial charge on any atom is 0.120 e. The van der Waals surface area contributed by atoms with Crippen LogP contribution in [0.4, 0.5) is 0 Å². The molecule has 1 saturated heterocycles. The number of benzene rings is 1. The molecule has 1 aliphatic heterocycles. The van der Waals surface area contributed by atoms with Crippen LogP contribution in [0.1, 0.15) is 44.4 Å². The molecule has 0 radical (unpaired) electrons.